The number of rotatable bonds is 6. The molecule has 0 atom stereocenters. The van der Waals surface area contributed by atoms with E-state index >= 15 is 0 Å². The van der Waals surface area contributed by atoms with Crippen LogP contribution in [0, 0.1) is 5.92 Å². The van der Waals surface area contributed by atoms with Gasteiger partial charge in [0.15, 0.2) is 4.80 Å². The third-order valence-corrected chi connectivity index (χ3v) is 6.94. The summed E-state index contributed by atoms with van der Waals surface area (Å²) >= 11 is 1.21. The van der Waals surface area contributed by atoms with Gasteiger partial charge in [-0.05, 0) is 38.0 Å². The molecule has 0 aliphatic heterocycles. The smallest absolute Gasteiger partial charge is 0.307 e. The van der Waals surface area contributed by atoms with E-state index in [2.05, 4.69) is 4.99 Å². The van der Waals surface area contributed by atoms with E-state index in [0.29, 0.717) is 21.6 Å². The topological polar surface area (TPSA) is 121 Å². The molecule has 0 radical (unpaired) electrons. The highest BCUT2D eigenvalue weighted by molar-refractivity contribution is 7.89. The van der Waals surface area contributed by atoms with Gasteiger partial charge in [0, 0.05) is 12.5 Å². The second kappa shape index (κ2) is 9.19. The van der Waals surface area contributed by atoms with Crippen molar-refractivity contribution in [3.8, 4) is 0 Å². The third kappa shape index (κ3) is 5.31. The van der Waals surface area contributed by atoms with Crippen LogP contribution < -0.4 is 9.94 Å². The minimum absolute atomic E-state index is 0.00560. The van der Waals surface area contributed by atoms with Crippen LogP contribution in [0.15, 0.2) is 28.1 Å². The summed E-state index contributed by atoms with van der Waals surface area (Å²) in [4.78, 5) is 29.3. The van der Waals surface area contributed by atoms with E-state index in [0.717, 1.165) is 32.1 Å². The van der Waals surface area contributed by atoms with Gasteiger partial charge in [0.25, 0.3) is 5.91 Å². The van der Waals surface area contributed by atoms with Gasteiger partial charge in [0.05, 0.1) is 28.1 Å². The number of hydrogen-bond donors (Lipinski definition) is 1. The molecule has 2 N–H and O–H groups in total. The summed E-state index contributed by atoms with van der Waals surface area (Å²) in [5.41, 5.74) is 0.696. The molecule has 10 heteroatoms. The first-order valence-electron chi connectivity index (χ1n) is 9.70. The number of carbonyl (C=O) groups excluding carboxylic acids is 2. The van der Waals surface area contributed by atoms with Crippen LogP contribution in [0.3, 0.4) is 0 Å². The zero-order valence-electron chi connectivity index (χ0n) is 16.3. The lowest BCUT2D eigenvalue weighted by molar-refractivity contribution is -0.143. The second-order valence-electron chi connectivity index (χ2n) is 7.05. The van der Waals surface area contributed by atoms with Gasteiger partial charge >= 0.3 is 5.97 Å². The summed E-state index contributed by atoms with van der Waals surface area (Å²) < 4.78 is 30.7. The lowest BCUT2D eigenvalue weighted by Gasteiger charge is -2.17. The monoisotopic (exact) mass is 439 g/mol. The molecule has 0 bridgehead atoms. The summed E-state index contributed by atoms with van der Waals surface area (Å²) in [6, 6.07) is 4.51. The number of carbonyl (C=O) groups is 2. The highest BCUT2D eigenvalue weighted by Crippen LogP contribution is 2.25. The van der Waals surface area contributed by atoms with E-state index in [1.165, 1.54) is 23.5 Å². The fourth-order valence-corrected chi connectivity index (χ4v) is 5.22. The van der Waals surface area contributed by atoms with Gasteiger partial charge in [0.2, 0.25) is 10.0 Å². The number of hydrogen-bond acceptors (Lipinski definition) is 6. The number of aryl methyl sites for hydroxylation is 1. The maximum atomic E-state index is 12.7. The molecule has 1 aliphatic rings. The number of sulfonamides is 1. The molecule has 158 valence electrons. The molecule has 1 aromatic heterocycles. The average molecular weight is 440 g/mol. The number of nitrogens with zero attached hydrogens (tertiary/aromatic N) is 2. The Morgan fingerprint density at radius 1 is 1.28 bits per heavy atom. The van der Waals surface area contributed by atoms with E-state index in [1.807, 2.05) is 0 Å². The molecule has 2 aromatic rings. The first-order valence-corrected chi connectivity index (χ1v) is 12.1. The number of esters is 1. The zero-order chi connectivity index (χ0) is 21.0. The third-order valence-electron chi connectivity index (χ3n) is 4.99. The van der Waals surface area contributed by atoms with Crippen molar-refractivity contribution in [1.82, 2.24) is 4.57 Å². The lowest BCUT2D eigenvalue weighted by Crippen LogP contribution is -2.23. The van der Waals surface area contributed by atoms with Gasteiger partial charge in [0.1, 0.15) is 0 Å². The Labute approximate surface area is 173 Å². The molecule has 0 unspecified atom stereocenters. The van der Waals surface area contributed by atoms with E-state index in [9.17, 15) is 18.0 Å². The van der Waals surface area contributed by atoms with Crippen LogP contribution in [0.25, 0.3) is 10.2 Å². The molecule has 1 fully saturated rings. The summed E-state index contributed by atoms with van der Waals surface area (Å²) in [6.07, 6.45) is 5.00. The Bertz CT molecular complexity index is 1080. The Morgan fingerprint density at radius 2 is 2.00 bits per heavy atom. The highest BCUT2D eigenvalue weighted by Gasteiger charge is 2.21. The van der Waals surface area contributed by atoms with Crippen molar-refractivity contribution in [2.75, 3.05) is 6.61 Å². The average Bonchev–Trinajstić information content (AvgIpc) is 3.02. The molecule has 0 saturated heterocycles. The maximum absolute atomic E-state index is 12.7. The van der Waals surface area contributed by atoms with Crippen molar-refractivity contribution in [3.05, 3.63) is 23.0 Å². The van der Waals surface area contributed by atoms with Crippen LogP contribution in [0.5, 0.6) is 0 Å². The predicted octanol–water partition coefficient (Wildman–Crippen LogP) is 2.31. The predicted molar refractivity (Wildman–Crippen MR) is 110 cm³/mol. The van der Waals surface area contributed by atoms with Crippen LogP contribution >= 0.6 is 11.3 Å². The van der Waals surface area contributed by atoms with Gasteiger partial charge < -0.3 is 9.30 Å². The molecule has 1 aliphatic carbocycles. The van der Waals surface area contributed by atoms with Gasteiger partial charge in [-0.2, -0.15) is 4.99 Å². The fraction of sp³-hybridized carbons (Fsp3) is 0.526. The van der Waals surface area contributed by atoms with E-state index in [4.69, 9.17) is 9.88 Å². The zero-order valence-corrected chi connectivity index (χ0v) is 17.9. The number of benzene rings is 1. The molecule has 3 rings (SSSR count). The minimum Gasteiger partial charge on any atom is -0.466 e. The SMILES string of the molecule is CCOC(=O)CCn1c(=NC(=O)C2CCCCC2)sc2cc(S(N)(=O)=O)ccc21. The molecular weight excluding hydrogens is 414 g/mol. The number of primary sulfonamides is 1. The molecule has 1 aromatic carbocycles. The second-order valence-corrected chi connectivity index (χ2v) is 9.62. The molecule has 1 amide bonds. The number of nitrogens with two attached hydrogens (primary N) is 1. The molecule has 29 heavy (non-hydrogen) atoms. The van der Waals surface area contributed by atoms with Crippen molar-refractivity contribution < 1.29 is 22.7 Å². The van der Waals surface area contributed by atoms with Gasteiger partial charge in [-0.25, -0.2) is 13.6 Å². The van der Waals surface area contributed by atoms with Crippen LogP contribution in [-0.2, 0) is 30.9 Å². The lowest BCUT2D eigenvalue weighted by atomic mass is 9.89. The summed E-state index contributed by atoms with van der Waals surface area (Å²) in [7, 11) is -3.85. The van der Waals surface area contributed by atoms with Gasteiger partial charge in [-0.1, -0.05) is 30.6 Å². The van der Waals surface area contributed by atoms with E-state index in [1.54, 1.807) is 17.6 Å². The van der Waals surface area contributed by atoms with Crippen LogP contribution in [0.1, 0.15) is 45.4 Å². The normalized spacial score (nSPS) is 16.3. The largest absolute Gasteiger partial charge is 0.466 e. The number of aromatic nitrogens is 1. The molecule has 8 nitrogen and oxygen atoms in total. The molecule has 1 heterocycles. The number of thiazole rings is 1. The van der Waals surface area contributed by atoms with Crippen LogP contribution in [0.2, 0.25) is 0 Å². The van der Waals surface area contributed by atoms with Gasteiger partial charge in [-0.15, -0.1) is 0 Å². The number of fused-ring (bicyclic) bond motifs is 1. The Kier molecular flexibility index (Phi) is 6.86. The number of ether oxygens (including phenoxy) is 1. The Morgan fingerprint density at radius 3 is 2.66 bits per heavy atom. The molecule has 1 saturated carbocycles. The Hall–Kier alpha value is -2.04. The minimum atomic E-state index is -3.85. The van der Waals surface area contributed by atoms with Crippen LogP contribution in [0.4, 0.5) is 0 Å². The standard InChI is InChI=1S/C19H25N3O5S2/c1-2-27-17(23)10-11-22-15-9-8-14(29(20,25)26)12-16(15)28-19(22)21-18(24)13-6-4-3-5-7-13/h8-9,12-13H,2-7,10-11H2,1H3,(H2,20,25,26). The van der Waals surface area contributed by atoms with Crippen molar-refractivity contribution in [1.29, 1.82) is 0 Å². The van der Waals surface area contributed by atoms with Crippen LogP contribution in [-0.4, -0.2) is 31.5 Å². The van der Waals surface area contributed by atoms with Crippen molar-refractivity contribution >= 4 is 43.5 Å². The first-order chi connectivity index (χ1) is 13.8. The van der Waals surface area contributed by atoms with E-state index in [-0.39, 0.29) is 35.7 Å². The van der Waals surface area contributed by atoms with Crippen molar-refractivity contribution in [3.63, 3.8) is 0 Å². The number of amides is 1. The van der Waals surface area contributed by atoms with Gasteiger partial charge in [-0.3, -0.25) is 9.59 Å². The Balaban J connectivity index is 2.02. The van der Waals surface area contributed by atoms with E-state index < -0.39 is 10.0 Å². The first kappa shape index (κ1) is 21.7. The maximum Gasteiger partial charge on any atom is 0.307 e. The quantitative estimate of drug-likeness (QED) is 0.692. The highest BCUT2D eigenvalue weighted by atomic mass is 32.2. The summed E-state index contributed by atoms with van der Waals surface area (Å²) in [5, 5.41) is 5.23. The molecular formula is C19H25N3O5S2. The fourth-order valence-electron chi connectivity index (χ4n) is 3.50. The van der Waals surface area contributed by atoms with Crippen molar-refractivity contribution in [2.45, 2.75) is 56.9 Å². The summed E-state index contributed by atoms with van der Waals surface area (Å²) in [5.74, 6) is -0.578. The molecule has 0 spiro atoms. The summed E-state index contributed by atoms with van der Waals surface area (Å²) in [6.45, 7) is 2.32. The van der Waals surface area contributed by atoms with Crippen molar-refractivity contribution in [2.24, 2.45) is 16.0 Å².